The van der Waals surface area contributed by atoms with Crippen LogP contribution in [0.3, 0.4) is 0 Å². The van der Waals surface area contributed by atoms with Gasteiger partial charge in [0.2, 0.25) is 11.8 Å². The molecule has 0 aromatic heterocycles. The SMILES string of the molecule is O=C(NCc1ccc(F)cc1)C1CCC(=O)N1Cc1ccccc1. The van der Waals surface area contributed by atoms with E-state index in [0.29, 0.717) is 25.9 Å². The first-order valence-corrected chi connectivity index (χ1v) is 7.99. The highest BCUT2D eigenvalue weighted by atomic mass is 19.1. The summed E-state index contributed by atoms with van der Waals surface area (Å²) in [5, 5.41) is 2.84. The lowest BCUT2D eigenvalue weighted by Crippen LogP contribution is -2.44. The second-order valence-corrected chi connectivity index (χ2v) is 5.91. The van der Waals surface area contributed by atoms with Gasteiger partial charge in [-0.2, -0.15) is 0 Å². The summed E-state index contributed by atoms with van der Waals surface area (Å²) in [4.78, 5) is 26.2. The molecule has 1 heterocycles. The lowest BCUT2D eigenvalue weighted by atomic mass is 10.1. The van der Waals surface area contributed by atoms with Crippen LogP contribution in [0.25, 0.3) is 0 Å². The first-order valence-electron chi connectivity index (χ1n) is 7.99. The van der Waals surface area contributed by atoms with Crippen LogP contribution in [0.2, 0.25) is 0 Å². The van der Waals surface area contributed by atoms with Gasteiger partial charge >= 0.3 is 0 Å². The Morgan fingerprint density at radius 3 is 2.50 bits per heavy atom. The predicted octanol–water partition coefficient (Wildman–Crippen LogP) is 2.63. The molecule has 2 amide bonds. The Morgan fingerprint density at radius 1 is 1.08 bits per heavy atom. The van der Waals surface area contributed by atoms with Crippen molar-refractivity contribution in [3.05, 3.63) is 71.5 Å². The number of likely N-dealkylation sites (tertiary alicyclic amines) is 1. The van der Waals surface area contributed by atoms with Crippen LogP contribution in [-0.4, -0.2) is 22.8 Å². The number of carbonyl (C=O) groups excluding carboxylic acids is 2. The molecule has 3 rings (SSSR count). The molecule has 0 aliphatic carbocycles. The van der Waals surface area contributed by atoms with Crippen LogP contribution in [0.5, 0.6) is 0 Å². The summed E-state index contributed by atoms with van der Waals surface area (Å²) in [6.07, 6.45) is 0.919. The minimum absolute atomic E-state index is 0.000727. The van der Waals surface area contributed by atoms with Gasteiger partial charge in [0.25, 0.3) is 0 Å². The molecule has 0 bridgehead atoms. The van der Waals surface area contributed by atoms with Gasteiger partial charge in [-0.15, -0.1) is 0 Å². The van der Waals surface area contributed by atoms with E-state index in [9.17, 15) is 14.0 Å². The van der Waals surface area contributed by atoms with E-state index in [1.165, 1.54) is 12.1 Å². The van der Waals surface area contributed by atoms with Gasteiger partial charge in [-0.05, 0) is 29.7 Å². The molecule has 1 aliphatic rings. The molecule has 124 valence electrons. The molecule has 1 unspecified atom stereocenters. The zero-order valence-electron chi connectivity index (χ0n) is 13.2. The molecule has 2 aromatic carbocycles. The smallest absolute Gasteiger partial charge is 0.243 e. The highest BCUT2D eigenvalue weighted by Gasteiger charge is 2.35. The van der Waals surface area contributed by atoms with Crippen molar-refractivity contribution in [3.8, 4) is 0 Å². The predicted molar refractivity (Wildman–Crippen MR) is 88.3 cm³/mol. The second-order valence-electron chi connectivity index (χ2n) is 5.91. The van der Waals surface area contributed by atoms with Gasteiger partial charge in [-0.1, -0.05) is 42.5 Å². The fourth-order valence-electron chi connectivity index (χ4n) is 2.89. The summed E-state index contributed by atoms with van der Waals surface area (Å²) in [5.74, 6) is -0.470. The highest BCUT2D eigenvalue weighted by molar-refractivity contribution is 5.90. The summed E-state index contributed by atoms with van der Waals surface area (Å²) in [6.45, 7) is 0.761. The molecule has 4 nitrogen and oxygen atoms in total. The lowest BCUT2D eigenvalue weighted by molar-refractivity contribution is -0.135. The lowest BCUT2D eigenvalue weighted by Gasteiger charge is -2.24. The Balaban J connectivity index is 1.62. The zero-order chi connectivity index (χ0) is 16.9. The van der Waals surface area contributed by atoms with E-state index < -0.39 is 6.04 Å². The molecule has 1 atom stereocenters. The number of hydrogen-bond acceptors (Lipinski definition) is 2. The highest BCUT2D eigenvalue weighted by Crippen LogP contribution is 2.21. The van der Waals surface area contributed by atoms with E-state index in [2.05, 4.69) is 5.32 Å². The third-order valence-corrected chi connectivity index (χ3v) is 4.21. The third-order valence-electron chi connectivity index (χ3n) is 4.21. The number of nitrogens with one attached hydrogen (secondary N) is 1. The number of hydrogen-bond donors (Lipinski definition) is 1. The maximum atomic E-state index is 12.9. The van der Waals surface area contributed by atoms with Gasteiger partial charge < -0.3 is 10.2 Å². The molecule has 5 heteroatoms. The fraction of sp³-hybridized carbons (Fsp3) is 0.263. The largest absolute Gasteiger partial charge is 0.350 e. The van der Waals surface area contributed by atoms with Gasteiger partial charge in [0.15, 0.2) is 0 Å². The van der Waals surface area contributed by atoms with E-state index in [-0.39, 0.29) is 17.6 Å². The van der Waals surface area contributed by atoms with Crippen molar-refractivity contribution in [2.24, 2.45) is 0 Å². The van der Waals surface area contributed by atoms with Crippen LogP contribution in [0.1, 0.15) is 24.0 Å². The minimum atomic E-state index is -0.446. The van der Waals surface area contributed by atoms with E-state index in [1.807, 2.05) is 30.3 Å². The summed E-state index contributed by atoms with van der Waals surface area (Å²) in [5.41, 5.74) is 1.83. The van der Waals surface area contributed by atoms with Crippen LogP contribution in [0, 0.1) is 5.82 Å². The molecular formula is C19H19FN2O2. The van der Waals surface area contributed by atoms with E-state index in [4.69, 9.17) is 0 Å². The maximum Gasteiger partial charge on any atom is 0.243 e. The van der Waals surface area contributed by atoms with Gasteiger partial charge in [0, 0.05) is 19.5 Å². The number of nitrogens with zero attached hydrogens (tertiary/aromatic N) is 1. The van der Waals surface area contributed by atoms with Crippen LogP contribution < -0.4 is 5.32 Å². The number of halogens is 1. The van der Waals surface area contributed by atoms with Crippen LogP contribution in [0.4, 0.5) is 4.39 Å². The standard InChI is InChI=1S/C19H19FN2O2/c20-16-8-6-14(7-9-16)12-21-19(24)17-10-11-18(23)22(17)13-15-4-2-1-3-5-15/h1-9,17H,10-13H2,(H,21,24). The number of benzene rings is 2. The van der Waals surface area contributed by atoms with Gasteiger partial charge in [0.1, 0.15) is 11.9 Å². The number of rotatable bonds is 5. The Bertz CT molecular complexity index is 716. The number of carbonyl (C=O) groups is 2. The first kappa shape index (κ1) is 16.2. The molecule has 1 N–H and O–H groups in total. The number of amides is 2. The summed E-state index contributed by atoms with van der Waals surface area (Å²) in [6, 6.07) is 15.2. The Morgan fingerprint density at radius 2 is 1.79 bits per heavy atom. The molecule has 0 radical (unpaired) electrons. The summed E-state index contributed by atoms with van der Waals surface area (Å²) < 4.78 is 12.9. The molecule has 1 aliphatic heterocycles. The summed E-state index contributed by atoms with van der Waals surface area (Å²) >= 11 is 0. The van der Waals surface area contributed by atoms with E-state index in [1.54, 1.807) is 17.0 Å². The van der Waals surface area contributed by atoms with E-state index in [0.717, 1.165) is 11.1 Å². The quantitative estimate of drug-likeness (QED) is 0.918. The molecule has 0 saturated carbocycles. The topological polar surface area (TPSA) is 49.4 Å². The molecular weight excluding hydrogens is 307 g/mol. The van der Waals surface area contributed by atoms with Gasteiger partial charge in [-0.3, -0.25) is 9.59 Å². The second kappa shape index (κ2) is 7.25. The fourth-order valence-corrected chi connectivity index (χ4v) is 2.89. The monoisotopic (exact) mass is 326 g/mol. The average molecular weight is 326 g/mol. The van der Waals surface area contributed by atoms with Crippen molar-refractivity contribution in [3.63, 3.8) is 0 Å². The average Bonchev–Trinajstić information content (AvgIpc) is 2.96. The van der Waals surface area contributed by atoms with Crippen molar-refractivity contribution in [1.82, 2.24) is 10.2 Å². The maximum absolute atomic E-state index is 12.9. The molecule has 2 aromatic rings. The normalized spacial score (nSPS) is 17.1. The molecule has 1 fully saturated rings. The van der Waals surface area contributed by atoms with Crippen LogP contribution in [0.15, 0.2) is 54.6 Å². The molecule has 24 heavy (non-hydrogen) atoms. The Labute approximate surface area is 140 Å². The van der Waals surface area contributed by atoms with Crippen molar-refractivity contribution in [2.45, 2.75) is 32.0 Å². The molecule has 1 saturated heterocycles. The zero-order valence-corrected chi connectivity index (χ0v) is 13.2. The van der Waals surface area contributed by atoms with Crippen LogP contribution >= 0.6 is 0 Å². The first-order chi connectivity index (χ1) is 11.6. The van der Waals surface area contributed by atoms with Crippen molar-refractivity contribution >= 4 is 11.8 Å². The van der Waals surface area contributed by atoms with Crippen molar-refractivity contribution in [2.75, 3.05) is 0 Å². The Kier molecular flexibility index (Phi) is 4.89. The van der Waals surface area contributed by atoms with Gasteiger partial charge in [-0.25, -0.2) is 4.39 Å². The van der Waals surface area contributed by atoms with Crippen molar-refractivity contribution < 1.29 is 14.0 Å². The third kappa shape index (κ3) is 3.79. The van der Waals surface area contributed by atoms with Gasteiger partial charge in [0.05, 0.1) is 0 Å². The van der Waals surface area contributed by atoms with Crippen molar-refractivity contribution in [1.29, 1.82) is 0 Å². The summed E-state index contributed by atoms with van der Waals surface area (Å²) in [7, 11) is 0. The Hall–Kier alpha value is -2.69. The minimum Gasteiger partial charge on any atom is -0.350 e. The molecule has 0 spiro atoms. The van der Waals surface area contributed by atoms with Crippen LogP contribution in [-0.2, 0) is 22.7 Å². The van der Waals surface area contributed by atoms with E-state index >= 15 is 0 Å².